The molecule has 0 amide bonds. The first-order chi connectivity index (χ1) is 9.17. The molecule has 5 nitrogen and oxygen atoms in total. The van der Waals surface area contributed by atoms with Crippen molar-refractivity contribution in [2.24, 2.45) is 0 Å². The van der Waals surface area contributed by atoms with Crippen LogP contribution in [0.2, 0.25) is 0 Å². The summed E-state index contributed by atoms with van der Waals surface area (Å²) in [5.41, 5.74) is 0.219. The van der Waals surface area contributed by atoms with Crippen LogP contribution >= 0.6 is 0 Å². The minimum atomic E-state index is -0.448. The van der Waals surface area contributed by atoms with Gasteiger partial charge in [-0.1, -0.05) is 0 Å². The van der Waals surface area contributed by atoms with Crippen LogP contribution in [0.4, 0.5) is 4.39 Å². The van der Waals surface area contributed by atoms with Gasteiger partial charge < -0.3 is 14.2 Å². The van der Waals surface area contributed by atoms with Crippen LogP contribution in [0, 0.1) is 5.82 Å². The highest BCUT2D eigenvalue weighted by atomic mass is 19.1. The van der Waals surface area contributed by atoms with Gasteiger partial charge in [-0.25, -0.2) is 4.39 Å². The first-order valence-electron chi connectivity index (χ1n) is 5.49. The molecule has 2 rings (SSSR count). The summed E-state index contributed by atoms with van der Waals surface area (Å²) in [5, 5.41) is 0. The van der Waals surface area contributed by atoms with Gasteiger partial charge in [0.2, 0.25) is 11.8 Å². The Labute approximate surface area is 110 Å². The Balaban J connectivity index is 2.57. The number of hydrogen-bond acceptors (Lipinski definition) is 5. The van der Waals surface area contributed by atoms with E-state index in [1.165, 1.54) is 45.6 Å². The topological polar surface area (TPSA) is 53.5 Å². The lowest BCUT2D eigenvalue weighted by molar-refractivity contribution is 0.372. The minimum Gasteiger partial charge on any atom is -0.497 e. The molecule has 0 N–H and O–H groups in total. The van der Waals surface area contributed by atoms with Gasteiger partial charge in [0.15, 0.2) is 5.82 Å². The van der Waals surface area contributed by atoms with E-state index in [9.17, 15) is 4.39 Å². The van der Waals surface area contributed by atoms with E-state index in [1.807, 2.05) is 0 Å². The Bertz CT molecular complexity index is 568. The van der Waals surface area contributed by atoms with E-state index in [-0.39, 0.29) is 11.4 Å². The van der Waals surface area contributed by atoms with Gasteiger partial charge >= 0.3 is 0 Å². The molecule has 1 aromatic carbocycles. The van der Waals surface area contributed by atoms with Crippen LogP contribution in [0.3, 0.4) is 0 Å². The van der Waals surface area contributed by atoms with Crippen LogP contribution < -0.4 is 14.2 Å². The fourth-order valence-electron chi connectivity index (χ4n) is 1.54. The number of nitrogens with zero attached hydrogens (tertiary/aromatic N) is 2. The summed E-state index contributed by atoms with van der Waals surface area (Å²) in [7, 11) is 4.44. The Morgan fingerprint density at radius 2 is 1.53 bits per heavy atom. The second kappa shape index (κ2) is 5.51. The van der Waals surface area contributed by atoms with E-state index in [0.29, 0.717) is 17.5 Å². The Hall–Kier alpha value is -2.37. The summed E-state index contributed by atoms with van der Waals surface area (Å²) in [6, 6.07) is 5.85. The molecule has 0 aliphatic heterocycles. The van der Waals surface area contributed by atoms with Crippen LogP contribution in [0.5, 0.6) is 17.5 Å². The molecule has 0 spiro atoms. The van der Waals surface area contributed by atoms with Crippen molar-refractivity contribution >= 4 is 0 Å². The standard InChI is InChI=1S/C13H13FN2O3/c1-17-8-4-5-10(14)9(6-8)13-15-11(18-2)7-12(16-13)19-3/h4-7H,1-3H3. The lowest BCUT2D eigenvalue weighted by atomic mass is 10.2. The largest absolute Gasteiger partial charge is 0.497 e. The summed E-state index contributed by atoms with van der Waals surface area (Å²) >= 11 is 0. The quantitative estimate of drug-likeness (QED) is 0.848. The van der Waals surface area contributed by atoms with Crippen LogP contribution in [0.15, 0.2) is 24.3 Å². The van der Waals surface area contributed by atoms with E-state index in [2.05, 4.69) is 9.97 Å². The van der Waals surface area contributed by atoms with Crippen LogP contribution in [-0.4, -0.2) is 31.3 Å². The highest BCUT2D eigenvalue weighted by Crippen LogP contribution is 2.27. The molecule has 19 heavy (non-hydrogen) atoms. The fourth-order valence-corrected chi connectivity index (χ4v) is 1.54. The van der Waals surface area contributed by atoms with E-state index in [4.69, 9.17) is 14.2 Å². The predicted octanol–water partition coefficient (Wildman–Crippen LogP) is 2.31. The van der Waals surface area contributed by atoms with Crippen LogP contribution in [0.1, 0.15) is 0 Å². The molecule has 1 aromatic heterocycles. The average Bonchev–Trinajstić information content (AvgIpc) is 2.47. The van der Waals surface area contributed by atoms with Gasteiger partial charge in [-0.2, -0.15) is 9.97 Å². The number of ether oxygens (including phenoxy) is 3. The van der Waals surface area contributed by atoms with Gasteiger partial charge in [-0.3, -0.25) is 0 Å². The number of aromatic nitrogens is 2. The summed E-state index contributed by atoms with van der Waals surface area (Å²) in [4.78, 5) is 8.19. The van der Waals surface area contributed by atoms with Crippen molar-refractivity contribution in [2.75, 3.05) is 21.3 Å². The smallest absolute Gasteiger partial charge is 0.220 e. The summed E-state index contributed by atoms with van der Waals surface area (Å²) in [5.74, 6) is 0.832. The number of rotatable bonds is 4. The van der Waals surface area contributed by atoms with Crippen molar-refractivity contribution in [3.63, 3.8) is 0 Å². The second-order valence-corrected chi connectivity index (χ2v) is 3.62. The highest BCUT2D eigenvalue weighted by molar-refractivity contribution is 5.59. The van der Waals surface area contributed by atoms with Crippen molar-refractivity contribution in [2.45, 2.75) is 0 Å². The van der Waals surface area contributed by atoms with Crippen molar-refractivity contribution < 1.29 is 18.6 Å². The molecule has 0 saturated carbocycles. The maximum Gasteiger partial charge on any atom is 0.220 e. The Kier molecular flexibility index (Phi) is 3.79. The Morgan fingerprint density at radius 1 is 0.895 bits per heavy atom. The van der Waals surface area contributed by atoms with Gasteiger partial charge in [0.25, 0.3) is 0 Å². The maximum atomic E-state index is 13.8. The van der Waals surface area contributed by atoms with Gasteiger partial charge in [0.1, 0.15) is 11.6 Å². The fraction of sp³-hybridized carbons (Fsp3) is 0.231. The zero-order chi connectivity index (χ0) is 13.8. The van der Waals surface area contributed by atoms with Gasteiger partial charge in [0, 0.05) is 0 Å². The molecular weight excluding hydrogens is 251 g/mol. The second-order valence-electron chi connectivity index (χ2n) is 3.62. The third-order valence-corrected chi connectivity index (χ3v) is 2.51. The number of halogens is 1. The first kappa shape index (κ1) is 13.1. The molecule has 0 aliphatic carbocycles. The van der Waals surface area contributed by atoms with E-state index in [0.717, 1.165) is 0 Å². The minimum absolute atomic E-state index is 0.174. The highest BCUT2D eigenvalue weighted by Gasteiger charge is 2.13. The normalized spacial score (nSPS) is 10.1. The van der Waals surface area contributed by atoms with Crippen molar-refractivity contribution in [1.29, 1.82) is 0 Å². The molecule has 0 saturated heterocycles. The molecule has 6 heteroatoms. The predicted molar refractivity (Wildman–Crippen MR) is 67.1 cm³/mol. The van der Waals surface area contributed by atoms with Crippen LogP contribution in [-0.2, 0) is 0 Å². The van der Waals surface area contributed by atoms with Crippen molar-refractivity contribution in [1.82, 2.24) is 9.97 Å². The van der Waals surface area contributed by atoms with E-state index < -0.39 is 5.82 Å². The molecule has 0 fully saturated rings. The van der Waals surface area contributed by atoms with E-state index in [1.54, 1.807) is 0 Å². The monoisotopic (exact) mass is 264 g/mol. The molecule has 2 aromatic rings. The van der Waals surface area contributed by atoms with Gasteiger partial charge in [-0.05, 0) is 18.2 Å². The van der Waals surface area contributed by atoms with Crippen molar-refractivity contribution in [3.05, 3.63) is 30.1 Å². The molecule has 0 bridgehead atoms. The molecule has 0 aliphatic rings. The molecule has 100 valence electrons. The summed E-state index contributed by atoms with van der Waals surface area (Å²) in [6.45, 7) is 0. The SMILES string of the molecule is COc1ccc(F)c(-c2nc(OC)cc(OC)n2)c1. The van der Waals surface area contributed by atoms with Crippen LogP contribution in [0.25, 0.3) is 11.4 Å². The van der Waals surface area contributed by atoms with E-state index >= 15 is 0 Å². The third-order valence-electron chi connectivity index (χ3n) is 2.51. The van der Waals surface area contributed by atoms with Crippen molar-refractivity contribution in [3.8, 4) is 28.9 Å². The lowest BCUT2D eigenvalue weighted by Crippen LogP contribution is -1.99. The Morgan fingerprint density at radius 3 is 2.05 bits per heavy atom. The molecular formula is C13H13FN2O3. The molecule has 0 atom stereocenters. The maximum absolute atomic E-state index is 13.8. The van der Waals surface area contributed by atoms with Gasteiger partial charge in [0.05, 0.1) is 33.0 Å². The number of benzene rings is 1. The molecule has 0 unspecified atom stereocenters. The number of hydrogen-bond donors (Lipinski definition) is 0. The zero-order valence-corrected chi connectivity index (χ0v) is 10.8. The zero-order valence-electron chi connectivity index (χ0n) is 10.8. The average molecular weight is 264 g/mol. The molecule has 1 heterocycles. The summed E-state index contributed by atoms with van der Waals surface area (Å²) < 4.78 is 29.0. The summed E-state index contributed by atoms with van der Waals surface area (Å²) in [6.07, 6.45) is 0. The third kappa shape index (κ3) is 2.73. The lowest BCUT2D eigenvalue weighted by Gasteiger charge is -2.08. The first-order valence-corrected chi connectivity index (χ1v) is 5.49. The molecule has 0 radical (unpaired) electrons. The number of methoxy groups -OCH3 is 3. The van der Waals surface area contributed by atoms with Gasteiger partial charge in [-0.15, -0.1) is 0 Å².